The van der Waals surface area contributed by atoms with Crippen LogP contribution in [0.3, 0.4) is 0 Å². The van der Waals surface area contributed by atoms with E-state index in [4.69, 9.17) is 19.3 Å². The third-order valence-electron chi connectivity index (χ3n) is 4.15. The zero-order valence-corrected chi connectivity index (χ0v) is 17.6. The van der Waals surface area contributed by atoms with Crippen LogP contribution in [0.1, 0.15) is 24.2 Å². The van der Waals surface area contributed by atoms with Crippen LogP contribution in [0.15, 0.2) is 41.8 Å². The fourth-order valence-electron chi connectivity index (χ4n) is 2.86. The smallest absolute Gasteiger partial charge is 0.339 e. The van der Waals surface area contributed by atoms with Gasteiger partial charge in [0.15, 0.2) is 11.5 Å². The van der Waals surface area contributed by atoms with Crippen molar-refractivity contribution in [3.05, 3.63) is 47.3 Å². The van der Waals surface area contributed by atoms with Gasteiger partial charge in [0.2, 0.25) is 0 Å². The molecule has 0 atom stereocenters. The minimum absolute atomic E-state index is 0.0233. The number of carboxylic acids is 1. The van der Waals surface area contributed by atoms with Crippen LogP contribution in [-0.2, 0) is 0 Å². The number of aliphatic hydroxyl groups excluding tert-OH is 1. The Hall–Kier alpha value is -3.10. The highest BCUT2D eigenvalue weighted by atomic mass is 32.1. The van der Waals surface area contributed by atoms with Gasteiger partial charge in [-0.1, -0.05) is 0 Å². The Morgan fingerprint density at radius 1 is 0.967 bits per heavy atom. The zero-order valence-electron chi connectivity index (χ0n) is 16.8. The lowest BCUT2D eigenvalue weighted by Crippen LogP contribution is -2.07. The third kappa shape index (κ3) is 4.90. The zero-order chi connectivity index (χ0) is 21.5. The number of nitrogens with zero attached hydrogens (tertiary/aromatic N) is 1. The maximum absolute atomic E-state index is 11.6. The van der Waals surface area contributed by atoms with Crippen molar-refractivity contribution in [1.82, 2.24) is 4.98 Å². The fraction of sp³-hybridized carbons (Fsp3) is 0.273. The average Bonchev–Trinajstić information content (AvgIpc) is 3.24. The summed E-state index contributed by atoms with van der Waals surface area (Å²) < 4.78 is 16.6. The molecule has 8 heteroatoms. The summed E-state index contributed by atoms with van der Waals surface area (Å²) >= 11 is 1.46. The van der Waals surface area contributed by atoms with Crippen LogP contribution in [0.2, 0.25) is 0 Å². The third-order valence-corrected chi connectivity index (χ3v) is 5.04. The topological polar surface area (TPSA) is 98.1 Å². The van der Waals surface area contributed by atoms with E-state index in [1.807, 2.05) is 37.4 Å². The summed E-state index contributed by atoms with van der Waals surface area (Å²) in [4.78, 5) is 16.3. The molecule has 0 aliphatic heterocycles. The van der Waals surface area contributed by atoms with Crippen molar-refractivity contribution in [3.8, 4) is 39.1 Å². The molecule has 2 aromatic carbocycles. The Kier molecular flexibility index (Phi) is 7.26. The summed E-state index contributed by atoms with van der Waals surface area (Å²) in [6.45, 7) is 4.74. The molecule has 3 rings (SSSR count). The van der Waals surface area contributed by atoms with Crippen molar-refractivity contribution in [1.29, 1.82) is 0 Å². The van der Waals surface area contributed by atoms with Crippen molar-refractivity contribution in [2.75, 3.05) is 26.4 Å². The van der Waals surface area contributed by atoms with Gasteiger partial charge in [0.05, 0.1) is 25.5 Å². The van der Waals surface area contributed by atoms with Gasteiger partial charge < -0.3 is 24.4 Å². The highest BCUT2D eigenvalue weighted by molar-refractivity contribution is 7.13. The first-order chi connectivity index (χ1) is 14.6. The number of aliphatic hydroxyl groups is 1. The van der Waals surface area contributed by atoms with Gasteiger partial charge in [0.25, 0.3) is 0 Å². The second-order valence-electron chi connectivity index (χ2n) is 6.15. The Balaban J connectivity index is 1.92. The van der Waals surface area contributed by atoms with E-state index in [9.17, 15) is 9.90 Å². The molecule has 0 aliphatic carbocycles. The molecule has 2 N–H and O–H groups in total. The van der Waals surface area contributed by atoms with Gasteiger partial charge in [0, 0.05) is 16.5 Å². The average molecular weight is 429 g/mol. The van der Waals surface area contributed by atoms with Crippen LogP contribution in [0.5, 0.6) is 17.2 Å². The van der Waals surface area contributed by atoms with Crippen molar-refractivity contribution in [2.45, 2.75) is 13.8 Å². The molecule has 0 saturated carbocycles. The number of hydrogen-bond donors (Lipinski definition) is 2. The van der Waals surface area contributed by atoms with Crippen LogP contribution >= 0.6 is 11.3 Å². The second kappa shape index (κ2) is 10.1. The maximum Gasteiger partial charge on any atom is 0.339 e. The van der Waals surface area contributed by atoms with Gasteiger partial charge in [-0.25, -0.2) is 9.78 Å². The molecule has 0 aliphatic rings. The summed E-state index contributed by atoms with van der Waals surface area (Å²) in [6.07, 6.45) is 0. The monoisotopic (exact) mass is 429 g/mol. The number of benzene rings is 2. The minimum Gasteiger partial charge on any atom is -0.490 e. The summed E-state index contributed by atoms with van der Waals surface area (Å²) in [5, 5.41) is 21.0. The summed E-state index contributed by atoms with van der Waals surface area (Å²) in [5.41, 5.74) is 2.25. The van der Waals surface area contributed by atoms with E-state index in [0.29, 0.717) is 36.0 Å². The van der Waals surface area contributed by atoms with Crippen LogP contribution in [-0.4, -0.2) is 47.6 Å². The van der Waals surface area contributed by atoms with Crippen molar-refractivity contribution >= 4 is 17.3 Å². The maximum atomic E-state index is 11.6. The van der Waals surface area contributed by atoms with Gasteiger partial charge in [-0.3, -0.25) is 0 Å². The molecule has 0 radical (unpaired) electrons. The molecule has 0 spiro atoms. The summed E-state index contributed by atoms with van der Waals surface area (Å²) in [5.74, 6) is 0.452. The number of ether oxygens (including phenoxy) is 3. The van der Waals surface area contributed by atoms with Crippen LogP contribution in [0, 0.1) is 0 Å². The standard InChI is InChI=1S/C22H23NO6S/c1-3-27-19-8-6-15(12-20(19)28-4-2)21-23-17(13-30-21)14-5-7-18(29-10-9-24)16(11-14)22(25)26/h5-8,11-13,24H,3-4,9-10H2,1-2H3,(H,25,26). The van der Waals surface area contributed by atoms with Crippen molar-refractivity contribution < 1.29 is 29.2 Å². The Morgan fingerprint density at radius 3 is 2.37 bits per heavy atom. The molecule has 0 saturated heterocycles. The first-order valence-electron chi connectivity index (χ1n) is 9.54. The predicted octanol–water partition coefficient (Wildman–Crippen LogP) is 4.34. The molecule has 1 heterocycles. The lowest BCUT2D eigenvalue weighted by molar-refractivity contribution is 0.0691. The normalized spacial score (nSPS) is 10.6. The second-order valence-corrected chi connectivity index (χ2v) is 7.01. The molecule has 30 heavy (non-hydrogen) atoms. The quantitative estimate of drug-likeness (QED) is 0.495. The summed E-state index contributed by atoms with van der Waals surface area (Å²) in [6, 6.07) is 10.5. The fourth-order valence-corrected chi connectivity index (χ4v) is 3.69. The molecular weight excluding hydrogens is 406 g/mol. The largest absolute Gasteiger partial charge is 0.490 e. The molecule has 3 aromatic rings. The Labute approximate surface area is 178 Å². The van der Waals surface area contributed by atoms with E-state index >= 15 is 0 Å². The minimum atomic E-state index is -1.10. The number of aromatic nitrogens is 1. The Bertz CT molecular complexity index is 1020. The van der Waals surface area contributed by atoms with Crippen molar-refractivity contribution in [2.24, 2.45) is 0 Å². The highest BCUT2D eigenvalue weighted by Crippen LogP contribution is 2.36. The van der Waals surface area contributed by atoms with E-state index in [2.05, 4.69) is 4.98 Å². The van der Waals surface area contributed by atoms with Crippen molar-refractivity contribution in [3.63, 3.8) is 0 Å². The summed E-state index contributed by atoms with van der Waals surface area (Å²) in [7, 11) is 0. The number of thiazole rings is 1. The van der Waals surface area contributed by atoms with Gasteiger partial charge >= 0.3 is 5.97 Å². The molecule has 0 bridgehead atoms. The first-order valence-corrected chi connectivity index (χ1v) is 10.4. The first kappa shape index (κ1) is 21.6. The van der Waals surface area contributed by atoms with Crippen LogP contribution in [0.25, 0.3) is 21.8 Å². The highest BCUT2D eigenvalue weighted by Gasteiger charge is 2.16. The number of aromatic carboxylic acids is 1. The predicted molar refractivity (Wildman–Crippen MR) is 115 cm³/mol. The van der Waals surface area contributed by atoms with Crippen LogP contribution < -0.4 is 14.2 Å². The molecule has 0 unspecified atom stereocenters. The molecule has 0 fully saturated rings. The Morgan fingerprint density at radius 2 is 1.67 bits per heavy atom. The van der Waals surface area contributed by atoms with Gasteiger partial charge in [-0.15, -0.1) is 11.3 Å². The van der Waals surface area contributed by atoms with E-state index in [0.717, 1.165) is 10.6 Å². The van der Waals surface area contributed by atoms with Crippen LogP contribution in [0.4, 0.5) is 0 Å². The van der Waals surface area contributed by atoms with Gasteiger partial charge in [-0.05, 0) is 50.2 Å². The molecule has 0 amide bonds. The lowest BCUT2D eigenvalue weighted by Gasteiger charge is -2.11. The molecule has 1 aromatic heterocycles. The van der Waals surface area contributed by atoms with E-state index in [1.165, 1.54) is 17.4 Å². The molecule has 7 nitrogen and oxygen atoms in total. The van der Waals surface area contributed by atoms with E-state index in [1.54, 1.807) is 12.1 Å². The number of carboxylic acid groups (broad SMARTS) is 1. The van der Waals surface area contributed by atoms with Gasteiger partial charge in [0.1, 0.15) is 22.9 Å². The molecular formula is C22H23NO6S. The number of hydrogen-bond acceptors (Lipinski definition) is 7. The SMILES string of the molecule is CCOc1ccc(-c2nc(-c3ccc(OCCO)c(C(=O)O)c3)cs2)cc1OCC. The molecule has 158 valence electrons. The number of carbonyl (C=O) groups is 1. The lowest BCUT2D eigenvalue weighted by atomic mass is 10.1. The van der Waals surface area contributed by atoms with E-state index < -0.39 is 5.97 Å². The van der Waals surface area contributed by atoms with E-state index in [-0.39, 0.29) is 24.5 Å². The van der Waals surface area contributed by atoms with Gasteiger partial charge in [-0.2, -0.15) is 0 Å². The number of rotatable bonds is 10.